The maximum atomic E-state index is 10.2. The lowest BCUT2D eigenvalue weighted by atomic mass is 9.78. The van der Waals surface area contributed by atoms with Gasteiger partial charge >= 0.3 is 0 Å². The number of unbranched alkanes of at least 4 members (excludes halogenated alkanes) is 1. The number of nitrogens with zero attached hydrogens (tertiary/aromatic N) is 1. The smallest absolute Gasteiger partial charge is 0.123 e. The van der Waals surface area contributed by atoms with Crippen LogP contribution in [0.5, 0.6) is 5.75 Å². The summed E-state index contributed by atoms with van der Waals surface area (Å²) in [6, 6.07) is 17.2. The van der Waals surface area contributed by atoms with Crippen molar-refractivity contribution < 1.29 is 4.74 Å². The summed E-state index contributed by atoms with van der Waals surface area (Å²) < 4.78 is 5.94. The number of benzene rings is 2. The molecule has 0 aromatic heterocycles. The molecule has 0 aliphatic heterocycles. The number of hydrogen-bond acceptors (Lipinski definition) is 3. The molecule has 0 spiro atoms. The minimum absolute atomic E-state index is 0.148. The lowest BCUT2D eigenvalue weighted by molar-refractivity contribution is 0.306. The van der Waals surface area contributed by atoms with Gasteiger partial charge in [0.15, 0.2) is 0 Å². The van der Waals surface area contributed by atoms with Crippen LogP contribution in [0.15, 0.2) is 53.7 Å². The average Bonchev–Trinajstić information content (AvgIpc) is 2.66. The van der Waals surface area contributed by atoms with E-state index in [-0.39, 0.29) is 5.41 Å². The second-order valence-electron chi connectivity index (χ2n) is 7.03. The molecular formula is C22H30NO2P. The maximum Gasteiger partial charge on any atom is 0.123 e. The molecule has 2 rings (SSSR count). The molecule has 2 aromatic rings. The van der Waals surface area contributed by atoms with Crippen LogP contribution in [0.4, 0.5) is 0 Å². The fourth-order valence-electron chi connectivity index (χ4n) is 2.99. The molecule has 0 saturated heterocycles. The molecule has 3 nitrogen and oxygen atoms in total. The van der Waals surface area contributed by atoms with E-state index in [0.29, 0.717) is 19.6 Å². The molecule has 0 radical (unpaired) electrons. The zero-order valence-electron chi connectivity index (χ0n) is 16.1. The van der Waals surface area contributed by atoms with Gasteiger partial charge in [-0.15, -0.1) is 0 Å². The number of hydrogen-bond donors (Lipinski definition) is 0. The molecule has 0 saturated carbocycles. The third kappa shape index (κ3) is 5.64. The number of rotatable bonds is 11. The van der Waals surface area contributed by atoms with Gasteiger partial charge in [0, 0.05) is 17.4 Å². The first-order valence-corrected chi connectivity index (χ1v) is 10.7. The minimum atomic E-state index is -0.148. The van der Waals surface area contributed by atoms with Crippen molar-refractivity contribution in [2.75, 3.05) is 19.3 Å². The van der Waals surface area contributed by atoms with Gasteiger partial charge in [-0.25, -0.2) is 0 Å². The normalized spacial score (nSPS) is 11.8. The molecule has 0 aliphatic carbocycles. The molecule has 2 aromatic carbocycles. The highest BCUT2D eigenvalue weighted by atomic mass is 31.1. The van der Waals surface area contributed by atoms with Crippen molar-refractivity contribution in [3.8, 4) is 5.75 Å². The Bertz CT molecular complexity index is 683. The second kappa shape index (κ2) is 10.4. The topological polar surface area (TPSA) is 38.7 Å². The summed E-state index contributed by atoms with van der Waals surface area (Å²) in [7, 11) is 0.896. The van der Waals surface area contributed by atoms with Gasteiger partial charge in [-0.3, -0.25) is 0 Å². The van der Waals surface area contributed by atoms with E-state index < -0.39 is 0 Å². The first-order valence-electron chi connectivity index (χ1n) is 9.45. The van der Waals surface area contributed by atoms with Crippen LogP contribution < -0.4 is 10.0 Å². The molecule has 0 fully saturated rings. The molecule has 26 heavy (non-hydrogen) atoms. The van der Waals surface area contributed by atoms with Crippen LogP contribution >= 0.6 is 8.58 Å². The number of nitroso groups, excluding NO2 is 1. The number of ether oxygens (including phenoxy) is 1. The minimum Gasteiger partial charge on any atom is -0.493 e. The molecule has 0 heterocycles. The Morgan fingerprint density at radius 3 is 2.46 bits per heavy atom. The van der Waals surface area contributed by atoms with Crippen molar-refractivity contribution in [1.82, 2.24) is 0 Å². The highest BCUT2D eigenvalue weighted by Crippen LogP contribution is 2.37. The lowest BCUT2D eigenvalue weighted by Gasteiger charge is -2.28. The van der Waals surface area contributed by atoms with Gasteiger partial charge < -0.3 is 4.74 Å². The zero-order valence-corrected chi connectivity index (χ0v) is 17.1. The Hall–Kier alpha value is -1.73. The third-order valence-corrected chi connectivity index (χ3v) is 6.02. The molecule has 1 unspecified atom stereocenters. The Labute approximate surface area is 159 Å². The van der Waals surface area contributed by atoms with Gasteiger partial charge in [0.05, 0.1) is 13.2 Å². The molecule has 0 N–H and O–H groups in total. The first kappa shape index (κ1) is 20.6. The van der Waals surface area contributed by atoms with Crippen LogP contribution in [0.2, 0.25) is 0 Å². The van der Waals surface area contributed by atoms with Crippen LogP contribution in [0.3, 0.4) is 0 Å². The van der Waals surface area contributed by atoms with Gasteiger partial charge in [-0.05, 0) is 29.5 Å². The Morgan fingerprint density at radius 2 is 1.77 bits per heavy atom. The highest BCUT2D eigenvalue weighted by molar-refractivity contribution is 7.47. The van der Waals surface area contributed by atoms with Gasteiger partial charge in [0.2, 0.25) is 0 Å². The van der Waals surface area contributed by atoms with E-state index in [2.05, 4.69) is 62.3 Å². The van der Waals surface area contributed by atoms with E-state index in [1.807, 2.05) is 12.1 Å². The molecule has 140 valence electrons. The average molecular weight is 371 g/mol. The SMILES string of the molecule is CCCCPc1ccc(C(C)(C)c2ccccc2OCCCN=O)cc1. The van der Waals surface area contributed by atoms with E-state index >= 15 is 0 Å². The standard InChI is InChI=1S/C22H30NO2P/c1-4-5-17-26-19-13-11-18(12-14-19)22(2,3)20-9-6-7-10-21(20)25-16-8-15-23-24/h6-7,9-14,26H,4-5,8,15-17H2,1-3H3. The van der Waals surface area contributed by atoms with E-state index in [1.165, 1.54) is 35.4 Å². The number of para-hydroxylation sites is 1. The maximum absolute atomic E-state index is 10.2. The first-order chi connectivity index (χ1) is 12.6. The fourth-order valence-corrected chi connectivity index (χ4v) is 4.21. The van der Waals surface area contributed by atoms with Crippen molar-refractivity contribution >= 4 is 13.9 Å². The van der Waals surface area contributed by atoms with Crippen LogP contribution in [0, 0.1) is 4.91 Å². The zero-order chi connectivity index (χ0) is 18.8. The lowest BCUT2D eigenvalue weighted by Crippen LogP contribution is -2.21. The second-order valence-corrected chi connectivity index (χ2v) is 8.46. The molecule has 0 amide bonds. The van der Waals surface area contributed by atoms with Crippen LogP contribution in [-0.4, -0.2) is 19.3 Å². The molecular weight excluding hydrogens is 341 g/mol. The van der Waals surface area contributed by atoms with Crippen LogP contribution in [0.25, 0.3) is 0 Å². The van der Waals surface area contributed by atoms with Crippen molar-refractivity contribution in [2.45, 2.75) is 45.4 Å². The summed E-state index contributed by atoms with van der Waals surface area (Å²) in [6.07, 6.45) is 4.49. The largest absolute Gasteiger partial charge is 0.493 e. The summed E-state index contributed by atoms with van der Waals surface area (Å²) >= 11 is 0. The van der Waals surface area contributed by atoms with Gasteiger partial charge in [0.1, 0.15) is 5.75 Å². The Kier molecular flexibility index (Phi) is 8.25. The predicted octanol–water partition coefficient (Wildman–Crippen LogP) is 5.65. The van der Waals surface area contributed by atoms with Crippen molar-refractivity contribution in [2.24, 2.45) is 5.18 Å². The van der Waals surface area contributed by atoms with E-state index in [1.54, 1.807) is 0 Å². The van der Waals surface area contributed by atoms with Gasteiger partial charge in [-0.1, -0.05) is 83.4 Å². The quantitative estimate of drug-likeness (QED) is 0.291. The summed E-state index contributed by atoms with van der Waals surface area (Å²) in [5, 5.41) is 4.33. The molecule has 1 atom stereocenters. The van der Waals surface area contributed by atoms with E-state index in [0.717, 1.165) is 14.3 Å². The monoisotopic (exact) mass is 371 g/mol. The Balaban J connectivity index is 2.14. The molecule has 4 heteroatoms. The van der Waals surface area contributed by atoms with Crippen molar-refractivity contribution in [3.63, 3.8) is 0 Å². The van der Waals surface area contributed by atoms with E-state index in [4.69, 9.17) is 4.74 Å². The predicted molar refractivity (Wildman–Crippen MR) is 114 cm³/mol. The Morgan fingerprint density at radius 1 is 1.04 bits per heavy atom. The fraction of sp³-hybridized carbons (Fsp3) is 0.455. The summed E-state index contributed by atoms with van der Waals surface area (Å²) in [5.41, 5.74) is 2.30. The van der Waals surface area contributed by atoms with E-state index in [9.17, 15) is 4.91 Å². The van der Waals surface area contributed by atoms with Crippen LogP contribution in [0.1, 0.15) is 51.2 Å². The summed E-state index contributed by atoms with van der Waals surface area (Å²) in [5.74, 6) is 0.886. The van der Waals surface area contributed by atoms with Crippen molar-refractivity contribution in [1.29, 1.82) is 0 Å². The molecule has 0 aliphatic rings. The summed E-state index contributed by atoms with van der Waals surface area (Å²) in [4.78, 5) is 10.2. The van der Waals surface area contributed by atoms with Crippen molar-refractivity contribution in [3.05, 3.63) is 64.6 Å². The third-order valence-electron chi connectivity index (χ3n) is 4.68. The highest BCUT2D eigenvalue weighted by Gasteiger charge is 2.26. The molecule has 0 bridgehead atoms. The van der Waals surface area contributed by atoms with Crippen LogP contribution in [-0.2, 0) is 5.41 Å². The van der Waals surface area contributed by atoms with Gasteiger partial charge in [0.25, 0.3) is 0 Å². The van der Waals surface area contributed by atoms with Gasteiger partial charge in [-0.2, -0.15) is 4.91 Å². The summed E-state index contributed by atoms with van der Waals surface area (Å²) in [6.45, 7) is 7.51.